The molecule has 1 saturated carbocycles. The van der Waals surface area contributed by atoms with Crippen LogP contribution in [0.3, 0.4) is 0 Å². The van der Waals surface area contributed by atoms with Gasteiger partial charge in [0.25, 0.3) is 0 Å². The van der Waals surface area contributed by atoms with Gasteiger partial charge in [0, 0.05) is 6.04 Å². The van der Waals surface area contributed by atoms with Gasteiger partial charge in [-0.15, -0.1) is 0 Å². The van der Waals surface area contributed by atoms with Gasteiger partial charge in [0.05, 0.1) is 5.92 Å². The Balaban J connectivity index is 2.33. The van der Waals surface area contributed by atoms with Crippen LogP contribution in [0.1, 0.15) is 32.1 Å². The van der Waals surface area contributed by atoms with Crippen LogP contribution >= 0.6 is 0 Å². The predicted molar refractivity (Wildman–Crippen MR) is 63.0 cm³/mol. The topological polar surface area (TPSA) is 15.3 Å². The van der Waals surface area contributed by atoms with Gasteiger partial charge in [-0.3, -0.25) is 0 Å². The summed E-state index contributed by atoms with van der Waals surface area (Å²) in [6.07, 6.45) is -0.577. The Morgan fingerprint density at radius 1 is 1.18 bits per heavy atom. The standard InChI is InChI=1S/C12H23F3N2/c1-17(2)9-5-8-16-11-7-4-3-6-10(11)12(13,14)15/h10-11,16H,3-9H2,1-2H3. The normalized spacial score (nSPS) is 26.5. The van der Waals surface area contributed by atoms with Crippen molar-refractivity contribution in [1.82, 2.24) is 10.2 Å². The van der Waals surface area contributed by atoms with E-state index in [9.17, 15) is 13.2 Å². The van der Waals surface area contributed by atoms with Crippen molar-refractivity contribution >= 4 is 0 Å². The zero-order valence-corrected chi connectivity index (χ0v) is 10.7. The maximum absolute atomic E-state index is 12.8. The van der Waals surface area contributed by atoms with Crippen LogP contribution in [-0.2, 0) is 0 Å². The summed E-state index contributed by atoms with van der Waals surface area (Å²) in [6.45, 7) is 1.59. The first-order chi connectivity index (χ1) is 7.91. The van der Waals surface area contributed by atoms with Gasteiger partial charge in [-0.1, -0.05) is 12.8 Å². The van der Waals surface area contributed by atoms with Crippen LogP contribution in [0.2, 0.25) is 0 Å². The summed E-state index contributed by atoms with van der Waals surface area (Å²) < 4.78 is 38.3. The number of alkyl halides is 3. The predicted octanol–water partition coefficient (Wildman–Crippen LogP) is 2.65. The third-order valence-electron chi connectivity index (χ3n) is 3.38. The molecule has 0 radical (unpaired) electrons. The molecule has 0 heterocycles. The molecule has 2 atom stereocenters. The van der Waals surface area contributed by atoms with Gasteiger partial charge >= 0.3 is 6.18 Å². The molecular weight excluding hydrogens is 229 g/mol. The number of hydrogen-bond acceptors (Lipinski definition) is 2. The molecule has 0 amide bonds. The largest absolute Gasteiger partial charge is 0.393 e. The van der Waals surface area contributed by atoms with Gasteiger partial charge in [0.15, 0.2) is 0 Å². The van der Waals surface area contributed by atoms with Crippen LogP contribution in [0.4, 0.5) is 13.2 Å². The van der Waals surface area contributed by atoms with Gasteiger partial charge < -0.3 is 10.2 Å². The van der Waals surface area contributed by atoms with Crippen molar-refractivity contribution in [2.24, 2.45) is 5.92 Å². The zero-order valence-electron chi connectivity index (χ0n) is 10.7. The summed E-state index contributed by atoms with van der Waals surface area (Å²) in [7, 11) is 3.94. The van der Waals surface area contributed by atoms with E-state index in [1.54, 1.807) is 0 Å². The third kappa shape index (κ3) is 5.25. The monoisotopic (exact) mass is 252 g/mol. The molecule has 0 aromatic rings. The quantitative estimate of drug-likeness (QED) is 0.757. The van der Waals surface area contributed by atoms with Crippen molar-refractivity contribution in [3.8, 4) is 0 Å². The highest BCUT2D eigenvalue weighted by molar-refractivity contribution is 4.85. The minimum Gasteiger partial charge on any atom is -0.313 e. The van der Waals surface area contributed by atoms with Crippen LogP contribution in [0.15, 0.2) is 0 Å². The molecule has 0 saturated heterocycles. The minimum absolute atomic E-state index is 0.287. The minimum atomic E-state index is -4.04. The lowest BCUT2D eigenvalue weighted by atomic mass is 9.84. The molecule has 2 unspecified atom stereocenters. The van der Waals surface area contributed by atoms with Gasteiger partial charge in [0.1, 0.15) is 0 Å². The molecule has 0 aromatic heterocycles. The van der Waals surface area contributed by atoms with Crippen molar-refractivity contribution in [3.63, 3.8) is 0 Å². The molecule has 0 aromatic carbocycles. The first-order valence-electron chi connectivity index (χ1n) is 6.36. The lowest BCUT2D eigenvalue weighted by molar-refractivity contribution is -0.188. The first-order valence-corrected chi connectivity index (χ1v) is 6.36. The van der Waals surface area contributed by atoms with E-state index in [2.05, 4.69) is 5.32 Å². The summed E-state index contributed by atoms with van der Waals surface area (Å²) in [6, 6.07) is -0.370. The molecule has 5 heteroatoms. The van der Waals surface area contributed by atoms with Crippen molar-refractivity contribution in [2.45, 2.75) is 44.3 Å². The van der Waals surface area contributed by atoms with E-state index in [-0.39, 0.29) is 12.5 Å². The Labute approximate surface area is 102 Å². The number of nitrogens with zero attached hydrogens (tertiary/aromatic N) is 1. The van der Waals surface area contributed by atoms with Crippen LogP contribution < -0.4 is 5.32 Å². The van der Waals surface area contributed by atoms with Crippen molar-refractivity contribution in [1.29, 1.82) is 0 Å². The van der Waals surface area contributed by atoms with E-state index < -0.39 is 12.1 Å². The molecular formula is C12H23F3N2. The first kappa shape index (κ1) is 14.8. The number of hydrogen-bond donors (Lipinski definition) is 1. The number of halogens is 3. The van der Waals surface area contributed by atoms with Gasteiger partial charge in [0.2, 0.25) is 0 Å². The van der Waals surface area contributed by atoms with Crippen LogP contribution in [0.5, 0.6) is 0 Å². The molecule has 0 bridgehead atoms. The van der Waals surface area contributed by atoms with Crippen LogP contribution in [0.25, 0.3) is 0 Å². The molecule has 1 aliphatic rings. The molecule has 1 N–H and O–H groups in total. The Morgan fingerprint density at radius 3 is 2.41 bits per heavy atom. The van der Waals surface area contributed by atoms with E-state index >= 15 is 0 Å². The lowest BCUT2D eigenvalue weighted by Gasteiger charge is -2.33. The van der Waals surface area contributed by atoms with Crippen molar-refractivity contribution in [3.05, 3.63) is 0 Å². The highest BCUT2D eigenvalue weighted by Gasteiger charge is 2.45. The molecule has 2 nitrogen and oxygen atoms in total. The summed E-state index contributed by atoms with van der Waals surface area (Å²) in [5, 5.41) is 3.09. The number of rotatable bonds is 5. The Bertz CT molecular complexity index is 216. The molecule has 0 spiro atoms. The fourth-order valence-electron chi connectivity index (χ4n) is 2.45. The third-order valence-corrected chi connectivity index (χ3v) is 3.38. The highest BCUT2D eigenvalue weighted by Crippen LogP contribution is 2.37. The molecule has 1 fully saturated rings. The summed E-state index contributed by atoms with van der Waals surface area (Å²) >= 11 is 0. The summed E-state index contributed by atoms with van der Waals surface area (Å²) in [4.78, 5) is 2.05. The van der Waals surface area contributed by atoms with Crippen molar-refractivity contribution in [2.75, 3.05) is 27.2 Å². The molecule has 102 valence electrons. The van der Waals surface area contributed by atoms with E-state index in [1.165, 1.54) is 0 Å². The summed E-state index contributed by atoms with van der Waals surface area (Å²) in [5.41, 5.74) is 0. The maximum atomic E-state index is 12.8. The van der Waals surface area contributed by atoms with E-state index in [0.717, 1.165) is 19.4 Å². The van der Waals surface area contributed by atoms with Gasteiger partial charge in [-0.05, 0) is 46.4 Å². The van der Waals surface area contributed by atoms with Crippen molar-refractivity contribution < 1.29 is 13.2 Å². The fraction of sp³-hybridized carbons (Fsp3) is 1.00. The second-order valence-corrected chi connectivity index (χ2v) is 5.15. The van der Waals surface area contributed by atoms with Crippen LogP contribution in [-0.4, -0.2) is 44.3 Å². The smallest absolute Gasteiger partial charge is 0.313 e. The van der Waals surface area contributed by atoms with Gasteiger partial charge in [-0.25, -0.2) is 0 Å². The highest BCUT2D eigenvalue weighted by atomic mass is 19.4. The van der Waals surface area contributed by atoms with E-state index in [4.69, 9.17) is 0 Å². The van der Waals surface area contributed by atoms with E-state index in [0.29, 0.717) is 19.4 Å². The van der Waals surface area contributed by atoms with Crippen LogP contribution in [0, 0.1) is 5.92 Å². The average Bonchev–Trinajstić information content (AvgIpc) is 2.23. The maximum Gasteiger partial charge on any atom is 0.393 e. The lowest BCUT2D eigenvalue weighted by Crippen LogP contribution is -2.46. The Kier molecular flexibility index (Phi) is 5.73. The fourth-order valence-corrected chi connectivity index (χ4v) is 2.45. The summed E-state index contributed by atoms with van der Waals surface area (Å²) in [5.74, 6) is -1.14. The SMILES string of the molecule is CN(C)CCCNC1CCCCC1C(F)(F)F. The number of nitrogens with one attached hydrogen (secondary N) is 1. The average molecular weight is 252 g/mol. The zero-order chi connectivity index (χ0) is 12.9. The molecule has 0 aliphatic heterocycles. The molecule has 17 heavy (non-hydrogen) atoms. The second-order valence-electron chi connectivity index (χ2n) is 5.15. The Hall–Kier alpha value is -0.290. The molecule has 1 aliphatic carbocycles. The molecule has 1 rings (SSSR count). The van der Waals surface area contributed by atoms with Gasteiger partial charge in [-0.2, -0.15) is 13.2 Å². The van der Waals surface area contributed by atoms with E-state index in [1.807, 2.05) is 19.0 Å². The second kappa shape index (κ2) is 6.59. The Morgan fingerprint density at radius 2 is 1.82 bits per heavy atom.